The molecule has 0 radical (unpaired) electrons. The molecule has 9 heteroatoms. The number of rotatable bonds is 6. The number of hydrogen-bond acceptors (Lipinski definition) is 6. The van der Waals surface area contributed by atoms with Crippen LogP contribution in [0.5, 0.6) is 0 Å². The minimum absolute atomic E-state index is 0.0161. The maximum atomic E-state index is 14.0. The average Bonchev–Trinajstić information content (AvgIpc) is 3.51. The van der Waals surface area contributed by atoms with E-state index < -0.39 is 23.0 Å². The number of carbonyl (C=O) groups excluding carboxylic acids is 3. The van der Waals surface area contributed by atoms with Crippen molar-refractivity contribution in [2.24, 2.45) is 0 Å². The molecule has 9 nitrogen and oxygen atoms in total. The highest BCUT2D eigenvalue weighted by molar-refractivity contribution is 6.22. The number of Topliss-reactive ketones (excluding diaryl/α,β-unsaturated/α-hetero) is 1. The summed E-state index contributed by atoms with van der Waals surface area (Å²) in [5, 5.41) is 12.4. The van der Waals surface area contributed by atoms with Crippen LogP contribution in [0.15, 0.2) is 66.7 Å². The van der Waals surface area contributed by atoms with Crippen LogP contribution in [0, 0.1) is 10.1 Å². The fourth-order valence-corrected chi connectivity index (χ4v) is 6.03. The first-order valence-electron chi connectivity index (χ1n) is 11.6. The molecule has 0 N–H and O–H groups in total. The van der Waals surface area contributed by atoms with Crippen LogP contribution in [0.3, 0.4) is 0 Å². The number of nitrogens with zero attached hydrogens (tertiary/aromatic N) is 4. The number of imide groups is 1. The molecule has 176 valence electrons. The van der Waals surface area contributed by atoms with Gasteiger partial charge in [0.15, 0.2) is 17.9 Å². The maximum absolute atomic E-state index is 14.0. The first-order valence-corrected chi connectivity index (χ1v) is 11.6. The Morgan fingerprint density at radius 3 is 2.43 bits per heavy atom. The van der Waals surface area contributed by atoms with Gasteiger partial charge in [-0.25, -0.2) is 14.2 Å². The van der Waals surface area contributed by atoms with E-state index in [4.69, 9.17) is 0 Å². The number of nitro groups is 1. The molecule has 3 fully saturated rings. The third-order valence-electron chi connectivity index (χ3n) is 7.65. The number of piperazine rings is 1. The number of fused-ring (bicyclic) bond motifs is 2. The summed E-state index contributed by atoms with van der Waals surface area (Å²) in [5.41, 5.74) is 1.30. The van der Waals surface area contributed by atoms with E-state index in [0.29, 0.717) is 49.1 Å². The Kier molecular flexibility index (Phi) is 4.80. The Bertz CT molecular complexity index is 1410. The van der Waals surface area contributed by atoms with E-state index in [1.165, 1.54) is 12.1 Å². The van der Waals surface area contributed by atoms with Crippen molar-refractivity contribution >= 4 is 39.9 Å². The summed E-state index contributed by atoms with van der Waals surface area (Å²) in [4.78, 5) is 55.2. The molecule has 6 rings (SSSR count). The van der Waals surface area contributed by atoms with Crippen molar-refractivity contribution in [1.29, 1.82) is 0 Å². The van der Waals surface area contributed by atoms with Crippen LogP contribution in [0.4, 0.5) is 16.2 Å². The summed E-state index contributed by atoms with van der Waals surface area (Å²) >= 11 is 0. The summed E-state index contributed by atoms with van der Waals surface area (Å²) in [7, 11) is 0. The number of anilines is 1. The Labute approximate surface area is 200 Å². The number of nitro benzene ring substituents is 1. The highest BCUT2D eigenvalue weighted by Gasteiger charge is 2.73. The van der Waals surface area contributed by atoms with Crippen molar-refractivity contribution in [3.8, 4) is 0 Å². The van der Waals surface area contributed by atoms with E-state index >= 15 is 0 Å². The van der Waals surface area contributed by atoms with Gasteiger partial charge in [0, 0.05) is 17.9 Å². The van der Waals surface area contributed by atoms with Crippen molar-refractivity contribution < 1.29 is 23.8 Å². The summed E-state index contributed by atoms with van der Waals surface area (Å²) < 4.78 is -0.197. The minimum Gasteiger partial charge on any atom is -0.293 e. The zero-order valence-corrected chi connectivity index (χ0v) is 18.9. The van der Waals surface area contributed by atoms with Crippen LogP contribution < -0.4 is 4.90 Å². The molecule has 0 aromatic heterocycles. The van der Waals surface area contributed by atoms with E-state index in [9.17, 15) is 24.5 Å². The second-order valence-corrected chi connectivity index (χ2v) is 9.45. The fourth-order valence-electron chi connectivity index (χ4n) is 6.03. The molecule has 0 saturated carbocycles. The van der Waals surface area contributed by atoms with Crippen molar-refractivity contribution in [3.63, 3.8) is 0 Å². The summed E-state index contributed by atoms with van der Waals surface area (Å²) in [6.07, 6.45) is 0.886. The number of aryl methyl sites for hydroxylation is 1. The molecular formula is C26H23N4O5+. The lowest BCUT2D eigenvalue weighted by Crippen LogP contribution is -2.62. The van der Waals surface area contributed by atoms with Crippen LogP contribution in [0.1, 0.15) is 12.0 Å². The minimum atomic E-state index is -0.643. The van der Waals surface area contributed by atoms with Gasteiger partial charge in [0.25, 0.3) is 11.6 Å². The normalized spacial score (nSPS) is 27.0. The summed E-state index contributed by atoms with van der Waals surface area (Å²) in [5.74, 6) is -0.366. The third-order valence-corrected chi connectivity index (χ3v) is 7.65. The van der Waals surface area contributed by atoms with Gasteiger partial charge in [-0.2, -0.15) is 4.90 Å². The van der Waals surface area contributed by atoms with Gasteiger partial charge in [0.2, 0.25) is 0 Å². The molecule has 3 aliphatic heterocycles. The van der Waals surface area contributed by atoms with Gasteiger partial charge < -0.3 is 0 Å². The quantitative estimate of drug-likeness (QED) is 0.237. The predicted molar refractivity (Wildman–Crippen MR) is 128 cm³/mol. The van der Waals surface area contributed by atoms with Crippen molar-refractivity contribution in [2.45, 2.75) is 24.9 Å². The third kappa shape index (κ3) is 3.05. The molecule has 4 atom stereocenters. The van der Waals surface area contributed by atoms with Gasteiger partial charge in [0.05, 0.1) is 29.1 Å². The number of non-ortho nitro benzene ring substituents is 1. The standard InChI is InChI=1S/C26H23N4O5/c31-24(13-10-17-6-2-1-3-7-17)22-14-27-15-23-25(32)28(26(33)30(22,23)16-27)20-11-12-21(29(34)35)19-9-5-4-8-18(19)20/h1-9,11-12,22-23H,10,13-16H2/q+1. The number of urea groups is 1. The maximum Gasteiger partial charge on any atom is 0.433 e. The van der Waals surface area contributed by atoms with Gasteiger partial charge in [0.1, 0.15) is 6.67 Å². The monoisotopic (exact) mass is 471 g/mol. The van der Waals surface area contributed by atoms with Crippen LogP contribution in [-0.4, -0.2) is 63.9 Å². The van der Waals surface area contributed by atoms with Gasteiger partial charge >= 0.3 is 6.03 Å². The summed E-state index contributed by atoms with van der Waals surface area (Å²) in [6.45, 7) is 1.21. The van der Waals surface area contributed by atoms with Crippen LogP contribution in [0.25, 0.3) is 10.8 Å². The Hall–Kier alpha value is -3.95. The Balaban J connectivity index is 1.36. The highest BCUT2D eigenvalue weighted by Crippen LogP contribution is 2.45. The average molecular weight is 471 g/mol. The van der Waals surface area contributed by atoms with Crippen molar-refractivity contribution in [2.75, 3.05) is 24.7 Å². The zero-order valence-electron chi connectivity index (χ0n) is 18.9. The molecule has 3 amide bonds. The van der Waals surface area contributed by atoms with E-state index in [-0.39, 0.29) is 21.9 Å². The molecular weight excluding hydrogens is 448 g/mol. The van der Waals surface area contributed by atoms with Crippen LogP contribution in [-0.2, 0) is 16.0 Å². The van der Waals surface area contributed by atoms with E-state index in [1.807, 2.05) is 35.2 Å². The molecule has 3 heterocycles. The largest absolute Gasteiger partial charge is 0.433 e. The second kappa shape index (κ2) is 7.79. The Morgan fingerprint density at radius 2 is 1.69 bits per heavy atom. The molecule has 3 aliphatic rings. The fraction of sp³-hybridized carbons (Fsp3) is 0.269. The number of ketones is 1. The summed E-state index contributed by atoms with van der Waals surface area (Å²) in [6, 6.07) is 17.6. The lowest BCUT2D eigenvalue weighted by Gasteiger charge is -2.32. The van der Waals surface area contributed by atoms with E-state index in [2.05, 4.69) is 0 Å². The Morgan fingerprint density at radius 1 is 0.971 bits per heavy atom. The van der Waals surface area contributed by atoms with Gasteiger partial charge in [-0.1, -0.05) is 48.5 Å². The molecule has 3 aromatic rings. The topological polar surface area (TPSA) is 101 Å². The molecule has 4 unspecified atom stereocenters. The smallest absolute Gasteiger partial charge is 0.293 e. The van der Waals surface area contributed by atoms with E-state index in [1.54, 1.807) is 24.3 Å². The van der Waals surface area contributed by atoms with Crippen LogP contribution in [0.2, 0.25) is 0 Å². The number of quaternary nitrogens is 1. The molecule has 1 spiro atoms. The van der Waals surface area contributed by atoms with Crippen molar-refractivity contribution in [3.05, 3.63) is 82.4 Å². The van der Waals surface area contributed by atoms with Crippen molar-refractivity contribution in [1.82, 2.24) is 4.90 Å². The van der Waals surface area contributed by atoms with E-state index in [0.717, 1.165) is 10.5 Å². The lowest BCUT2D eigenvalue weighted by molar-refractivity contribution is -0.852. The molecule has 3 saturated heterocycles. The first-order chi connectivity index (χ1) is 16.9. The number of amides is 3. The SMILES string of the molecule is O=C(CCc1ccccc1)C1CN2CC3C(=O)N(c4ccc([N+](=O)[O-])c5ccccc45)C(=O)[N+]13C2. The number of hydrogen-bond donors (Lipinski definition) is 0. The number of carbonyl (C=O) groups is 3. The first kappa shape index (κ1) is 21.6. The molecule has 35 heavy (non-hydrogen) atoms. The van der Waals surface area contributed by atoms with Gasteiger partial charge in [-0.05, 0) is 24.1 Å². The highest BCUT2D eigenvalue weighted by atomic mass is 16.6. The molecule has 0 aliphatic carbocycles. The zero-order chi connectivity index (χ0) is 24.3. The number of benzene rings is 3. The van der Waals surface area contributed by atoms with Gasteiger partial charge in [-0.15, -0.1) is 0 Å². The lowest BCUT2D eigenvalue weighted by atomic mass is 9.99. The molecule has 3 aromatic carbocycles. The molecule has 2 bridgehead atoms. The van der Waals surface area contributed by atoms with Crippen LogP contribution >= 0.6 is 0 Å². The van der Waals surface area contributed by atoms with Gasteiger partial charge in [-0.3, -0.25) is 19.7 Å². The second-order valence-electron chi connectivity index (χ2n) is 9.45. The predicted octanol–water partition coefficient (Wildman–Crippen LogP) is 3.26.